The lowest BCUT2D eigenvalue weighted by Gasteiger charge is -2.16. The van der Waals surface area contributed by atoms with E-state index in [2.05, 4.69) is 25.1 Å². The summed E-state index contributed by atoms with van der Waals surface area (Å²) in [5.74, 6) is -2.49. The molecule has 4 aromatic rings. The van der Waals surface area contributed by atoms with Gasteiger partial charge in [-0.25, -0.2) is 0 Å². The van der Waals surface area contributed by atoms with Crippen molar-refractivity contribution >= 4 is 23.2 Å². The molecule has 0 aliphatic heterocycles. The van der Waals surface area contributed by atoms with Gasteiger partial charge in [0.05, 0.1) is 13.2 Å². The van der Waals surface area contributed by atoms with E-state index in [1.54, 1.807) is 0 Å². The minimum absolute atomic E-state index is 0.0134. The number of rotatable bonds is 9. The maximum atomic E-state index is 13.0. The molecule has 1 aromatic heterocycles. The lowest BCUT2D eigenvalue weighted by molar-refractivity contribution is -0.275. The van der Waals surface area contributed by atoms with E-state index in [1.165, 1.54) is 42.6 Å². The number of pyridine rings is 1. The van der Waals surface area contributed by atoms with Crippen molar-refractivity contribution in [3.8, 4) is 22.6 Å². The van der Waals surface area contributed by atoms with Crippen LogP contribution in [0.1, 0.15) is 32.0 Å². The van der Waals surface area contributed by atoms with Crippen molar-refractivity contribution in [3.63, 3.8) is 0 Å². The molecule has 0 aliphatic carbocycles. The van der Waals surface area contributed by atoms with Crippen LogP contribution < -0.4 is 20.1 Å². The molecule has 2 amide bonds. The summed E-state index contributed by atoms with van der Waals surface area (Å²) in [4.78, 5) is 30.0. The SMILES string of the molecule is O=C(Nc1ccc(CO)cc1-c1cc(C(=O)Nc2ccc(OC(F)(F)F)cc2)ncc1CO)c1ccc(OC(F)(F)F)cc1. The standard InChI is InChI=1S/C29H21F6N3O6/c30-28(31,32)43-20-6-2-17(3-7-20)26(41)38-24-10-1-16(14-39)11-23(24)22-12-25(36-13-18(22)15-40)27(42)37-19-4-8-21(9-5-19)44-29(33,34)35/h1-13,39-40H,14-15H2,(H,37,42)(H,38,41). The Balaban J connectivity index is 1.61. The first-order valence-corrected chi connectivity index (χ1v) is 12.4. The topological polar surface area (TPSA) is 130 Å². The number of ether oxygens (including phenoxy) is 2. The van der Waals surface area contributed by atoms with Gasteiger partial charge in [-0.1, -0.05) is 6.07 Å². The summed E-state index contributed by atoms with van der Waals surface area (Å²) >= 11 is 0. The van der Waals surface area contributed by atoms with E-state index in [4.69, 9.17) is 0 Å². The molecular formula is C29H21F6N3O6. The van der Waals surface area contributed by atoms with Crippen molar-refractivity contribution < 1.29 is 55.6 Å². The van der Waals surface area contributed by atoms with Gasteiger partial charge in [-0.15, -0.1) is 26.3 Å². The zero-order valence-electron chi connectivity index (χ0n) is 22.2. The smallest absolute Gasteiger partial charge is 0.406 e. The highest BCUT2D eigenvalue weighted by atomic mass is 19.4. The number of nitrogens with zero attached hydrogens (tertiary/aromatic N) is 1. The van der Waals surface area contributed by atoms with E-state index in [1.807, 2.05) is 0 Å². The molecule has 0 radical (unpaired) electrons. The van der Waals surface area contributed by atoms with Gasteiger partial charge in [-0.2, -0.15) is 0 Å². The van der Waals surface area contributed by atoms with E-state index in [0.29, 0.717) is 5.56 Å². The Hall–Kier alpha value is -5.15. The van der Waals surface area contributed by atoms with Crippen LogP contribution in [0.5, 0.6) is 11.5 Å². The van der Waals surface area contributed by atoms with Gasteiger partial charge in [-0.3, -0.25) is 14.6 Å². The number of amides is 2. The van der Waals surface area contributed by atoms with Gasteiger partial charge in [-0.05, 0) is 77.9 Å². The van der Waals surface area contributed by atoms with Gasteiger partial charge < -0.3 is 30.3 Å². The third-order valence-electron chi connectivity index (χ3n) is 5.89. The van der Waals surface area contributed by atoms with Gasteiger partial charge in [0.25, 0.3) is 11.8 Å². The molecule has 0 saturated carbocycles. The first-order valence-electron chi connectivity index (χ1n) is 12.4. The first kappa shape index (κ1) is 31.8. The van der Waals surface area contributed by atoms with Crippen LogP contribution in [0.3, 0.4) is 0 Å². The second kappa shape index (κ2) is 13.0. The van der Waals surface area contributed by atoms with Crippen LogP contribution in [-0.4, -0.2) is 39.7 Å². The second-order valence-electron chi connectivity index (χ2n) is 8.98. The number of carbonyl (C=O) groups excluding carboxylic acids is 2. The lowest BCUT2D eigenvalue weighted by atomic mass is 9.96. The number of alkyl halides is 6. The van der Waals surface area contributed by atoms with E-state index < -0.39 is 49.3 Å². The Kier molecular flexibility index (Phi) is 9.40. The number of nitrogens with one attached hydrogen (secondary N) is 2. The molecule has 0 unspecified atom stereocenters. The quantitative estimate of drug-likeness (QED) is 0.168. The third kappa shape index (κ3) is 8.45. The Morgan fingerprint density at radius 3 is 1.84 bits per heavy atom. The molecule has 0 bridgehead atoms. The van der Waals surface area contributed by atoms with Crippen molar-refractivity contribution in [2.24, 2.45) is 0 Å². The summed E-state index contributed by atoms with van der Waals surface area (Å²) < 4.78 is 82.2. The average molecular weight is 621 g/mol. The number of aromatic nitrogens is 1. The molecule has 3 aromatic carbocycles. The van der Waals surface area contributed by atoms with Crippen LogP contribution in [0, 0.1) is 0 Å². The number of halogens is 6. The van der Waals surface area contributed by atoms with Gasteiger partial charge in [0, 0.05) is 34.3 Å². The van der Waals surface area contributed by atoms with Crippen molar-refractivity contribution in [1.82, 2.24) is 4.98 Å². The van der Waals surface area contributed by atoms with Gasteiger partial charge in [0.2, 0.25) is 0 Å². The third-order valence-corrected chi connectivity index (χ3v) is 5.89. The maximum Gasteiger partial charge on any atom is 0.573 e. The summed E-state index contributed by atoms with van der Waals surface area (Å²) in [6, 6.07) is 14.3. The van der Waals surface area contributed by atoms with E-state index in [0.717, 1.165) is 36.4 Å². The molecule has 0 atom stereocenters. The highest BCUT2D eigenvalue weighted by molar-refractivity contribution is 6.07. The molecule has 230 valence electrons. The minimum atomic E-state index is -4.91. The van der Waals surface area contributed by atoms with Crippen LogP contribution >= 0.6 is 0 Å². The summed E-state index contributed by atoms with van der Waals surface area (Å²) in [5, 5.41) is 24.8. The molecule has 0 spiro atoms. The first-order chi connectivity index (χ1) is 20.7. The number of anilines is 2. The number of hydrogen-bond acceptors (Lipinski definition) is 7. The van der Waals surface area contributed by atoms with Gasteiger partial charge in [0.15, 0.2) is 0 Å². The molecule has 1 heterocycles. The number of aliphatic hydroxyl groups excluding tert-OH is 2. The highest BCUT2D eigenvalue weighted by Crippen LogP contribution is 2.33. The number of hydrogen-bond donors (Lipinski definition) is 4. The highest BCUT2D eigenvalue weighted by Gasteiger charge is 2.31. The molecule has 0 fully saturated rings. The Bertz CT molecular complexity index is 1640. The lowest BCUT2D eigenvalue weighted by Crippen LogP contribution is -2.17. The fourth-order valence-corrected chi connectivity index (χ4v) is 3.94. The van der Waals surface area contributed by atoms with Crippen LogP contribution in [0.25, 0.3) is 11.1 Å². The molecule has 0 saturated heterocycles. The fraction of sp³-hybridized carbons (Fsp3) is 0.138. The Morgan fingerprint density at radius 1 is 0.705 bits per heavy atom. The van der Waals surface area contributed by atoms with Crippen molar-refractivity contribution in [2.75, 3.05) is 10.6 Å². The van der Waals surface area contributed by atoms with E-state index in [-0.39, 0.29) is 39.3 Å². The van der Waals surface area contributed by atoms with Crippen LogP contribution in [-0.2, 0) is 13.2 Å². The molecule has 15 heteroatoms. The molecular weight excluding hydrogens is 600 g/mol. The van der Waals surface area contributed by atoms with Crippen molar-refractivity contribution in [1.29, 1.82) is 0 Å². The summed E-state index contributed by atoms with van der Waals surface area (Å²) in [6.45, 7) is -0.939. The second-order valence-corrected chi connectivity index (χ2v) is 8.98. The van der Waals surface area contributed by atoms with Crippen molar-refractivity contribution in [2.45, 2.75) is 25.9 Å². The normalized spacial score (nSPS) is 11.5. The largest absolute Gasteiger partial charge is 0.573 e. The molecule has 44 heavy (non-hydrogen) atoms. The van der Waals surface area contributed by atoms with Crippen LogP contribution in [0.15, 0.2) is 79.0 Å². The monoisotopic (exact) mass is 621 g/mol. The van der Waals surface area contributed by atoms with Gasteiger partial charge >= 0.3 is 12.7 Å². The molecule has 0 aliphatic rings. The zero-order valence-corrected chi connectivity index (χ0v) is 22.2. The predicted octanol–water partition coefficient (Wildman–Crippen LogP) is 6.04. The van der Waals surface area contributed by atoms with Gasteiger partial charge in [0.1, 0.15) is 17.2 Å². The number of aliphatic hydroxyl groups is 2. The van der Waals surface area contributed by atoms with Crippen molar-refractivity contribution in [3.05, 3.63) is 101 Å². The summed E-state index contributed by atoms with van der Waals surface area (Å²) in [5.41, 5.74) is 1.24. The minimum Gasteiger partial charge on any atom is -0.406 e. The number of carbonyl (C=O) groups is 2. The van der Waals surface area contributed by atoms with E-state index >= 15 is 0 Å². The fourth-order valence-electron chi connectivity index (χ4n) is 3.94. The van der Waals surface area contributed by atoms with Crippen LogP contribution in [0.2, 0.25) is 0 Å². The summed E-state index contributed by atoms with van der Waals surface area (Å²) in [6.07, 6.45) is -8.59. The Morgan fingerprint density at radius 2 is 1.30 bits per heavy atom. The molecule has 9 nitrogen and oxygen atoms in total. The summed E-state index contributed by atoms with van der Waals surface area (Å²) in [7, 11) is 0. The molecule has 4 N–H and O–H groups in total. The Labute approximate surface area is 244 Å². The maximum absolute atomic E-state index is 13.0. The van der Waals surface area contributed by atoms with E-state index in [9.17, 15) is 46.1 Å². The van der Waals surface area contributed by atoms with Crippen LogP contribution in [0.4, 0.5) is 37.7 Å². The average Bonchev–Trinajstić information content (AvgIpc) is 2.96. The zero-order chi connectivity index (χ0) is 32.1. The number of benzene rings is 3. The predicted molar refractivity (Wildman–Crippen MR) is 144 cm³/mol. The molecule has 4 rings (SSSR count).